The molecule has 0 radical (unpaired) electrons. The molecule has 0 saturated heterocycles. The van der Waals surface area contributed by atoms with Crippen molar-refractivity contribution in [1.82, 2.24) is 0 Å². The molecule has 1 aromatic rings. The van der Waals surface area contributed by atoms with E-state index in [2.05, 4.69) is 15.9 Å². The summed E-state index contributed by atoms with van der Waals surface area (Å²) < 4.78 is 18.4. The number of methoxy groups -OCH3 is 1. The van der Waals surface area contributed by atoms with Crippen LogP contribution in [-0.2, 0) is 0 Å². The number of ketones is 1. The summed E-state index contributed by atoms with van der Waals surface area (Å²) in [6.07, 6.45) is 0. The lowest BCUT2D eigenvalue weighted by molar-refractivity contribution is 0.102. The first-order valence-electron chi connectivity index (χ1n) is 4.01. The summed E-state index contributed by atoms with van der Waals surface area (Å²) in [4.78, 5) is 11.3. The van der Waals surface area contributed by atoms with Crippen LogP contribution in [-0.4, -0.2) is 18.2 Å². The van der Waals surface area contributed by atoms with Gasteiger partial charge in [-0.25, -0.2) is 4.39 Å². The van der Waals surface area contributed by atoms with Crippen molar-refractivity contribution in [2.45, 2.75) is 0 Å². The van der Waals surface area contributed by atoms with Crippen LogP contribution in [0.5, 0.6) is 5.75 Å². The fourth-order valence-electron chi connectivity index (χ4n) is 1.12. The lowest BCUT2D eigenvalue weighted by Gasteiger charge is -2.06. The van der Waals surface area contributed by atoms with Crippen molar-refractivity contribution in [1.29, 1.82) is 5.26 Å². The van der Waals surface area contributed by atoms with Crippen molar-refractivity contribution in [2.75, 3.05) is 12.4 Å². The summed E-state index contributed by atoms with van der Waals surface area (Å²) in [5.41, 5.74) is -0.353. The van der Waals surface area contributed by atoms with Gasteiger partial charge in [0.2, 0.25) is 0 Å². The van der Waals surface area contributed by atoms with E-state index in [1.807, 2.05) is 0 Å². The van der Waals surface area contributed by atoms with Crippen LogP contribution in [0.3, 0.4) is 0 Å². The molecule has 0 aromatic heterocycles. The number of hydrogen-bond donors (Lipinski definition) is 0. The molecule has 5 heteroatoms. The monoisotopic (exact) mass is 271 g/mol. The minimum absolute atomic E-state index is 0.0150. The number of rotatable bonds is 3. The molecule has 3 nitrogen and oxygen atoms in total. The number of halogens is 2. The first kappa shape index (κ1) is 11.7. The summed E-state index contributed by atoms with van der Waals surface area (Å²) in [5, 5.41) is 8.73. The summed E-state index contributed by atoms with van der Waals surface area (Å²) in [7, 11) is 1.33. The van der Waals surface area contributed by atoms with Crippen molar-refractivity contribution in [3.05, 3.63) is 29.1 Å². The highest BCUT2D eigenvalue weighted by molar-refractivity contribution is 9.09. The topological polar surface area (TPSA) is 50.1 Å². The zero-order chi connectivity index (χ0) is 11.4. The van der Waals surface area contributed by atoms with E-state index >= 15 is 0 Å². The van der Waals surface area contributed by atoms with Crippen LogP contribution in [0.1, 0.15) is 15.9 Å². The number of ether oxygens (including phenoxy) is 1. The number of Topliss-reactive ketones (excluding diaryl/α,β-unsaturated/α-hetero) is 1. The van der Waals surface area contributed by atoms with Gasteiger partial charge in [0, 0.05) is 0 Å². The SMILES string of the molecule is COc1ccc(C(=O)CBr)c(F)c1C#N. The Morgan fingerprint density at radius 2 is 2.33 bits per heavy atom. The predicted molar refractivity (Wildman–Crippen MR) is 55.8 cm³/mol. The van der Waals surface area contributed by atoms with Crippen LogP contribution in [0.4, 0.5) is 4.39 Å². The molecule has 0 aliphatic carbocycles. The second-order valence-corrected chi connectivity index (χ2v) is 3.23. The maximum absolute atomic E-state index is 13.6. The van der Waals surface area contributed by atoms with Gasteiger partial charge < -0.3 is 4.74 Å². The summed E-state index contributed by atoms with van der Waals surface area (Å²) in [6, 6.07) is 4.37. The normalized spacial score (nSPS) is 9.47. The van der Waals surface area contributed by atoms with Crippen molar-refractivity contribution in [3.8, 4) is 11.8 Å². The van der Waals surface area contributed by atoms with Crippen molar-refractivity contribution >= 4 is 21.7 Å². The van der Waals surface area contributed by atoms with E-state index in [-0.39, 0.29) is 22.2 Å². The van der Waals surface area contributed by atoms with Gasteiger partial charge in [-0.15, -0.1) is 0 Å². The van der Waals surface area contributed by atoms with Crippen LogP contribution in [0, 0.1) is 17.1 Å². The van der Waals surface area contributed by atoms with E-state index in [4.69, 9.17) is 10.00 Å². The summed E-state index contributed by atoms with van der Waals surface area (Å²) in [6.45, 7) is 0. The quantitative estimate of drug-likeness (QED) is 0.626. The fourth-order valence-corrected chi connectivity index (χ4v) is 1.42. The van der Waals surface area contributed by atoms with Crippen molar-refractivity contribution < 1.29 is 13.9 Å². The predicted octanol–water partition coefficient (Wildman–Crippen LogP) is 2.28. The highest BCUT2D eigenvalue weighted by atomic mass is 79.9. The van der Waals surface area contributed by atoms with Gasteiger partial charge in [-0.3, -0.25) is 4.79 Å². The maximum atomic E-state index is 13.6. The van der Waals surface area contributed by atoms with Gasteiger partial charge >= 0.3 is 0 Å². The summed E-state index contributed by atoms with van der Waals surface area (Å²) in [5.74, 6) is -1.12. The van der Waals surface area contributed by atoms with E-state index in [0.29, 0.717) is 0 Å². The molecule has 0 saturated carbocycles. The van der Waals surface area contributed by atoms with Crippen LogP contribution in [0.25, 0.3) is 0 Å². The smallest absolute Gasteiger partial charge is 0.176 e. The highest BCUT2D eigenvalue weighted by Gasteiger charge is 2.17. The molecule has 0 heterocycles. The maximum Gasteiger partial charge on any atom is 0.176 e. The van der Waals surface area contributed by atoms with Gasteiger partial charge in [-0.05, 0) is 12.1 Å². The average molecular weight is 272 g/mol. The molecular formula is C10H7BrFNO2. The molecule has 15 heavy (non-hydrogen) atoms. The molecule has 0 bridgehead atoms. The summed E-state index contributed by atoms with van der Waals surface area (Å²) >= 11 is 2.94. The van der Waals surface area contributed by atoms with Crippen LogP contribution >= 0.6 is 15.9 Å². The third-order valence-electron chi connectivity index (χ3n) is 1.86. The molecule has 0 amide bonds. The Morgan fingerprint density at radius 1 is 1.67 bits per heavy atom. The Morgan fingerprint density at radius 3 is 2.80 bits per heavy atom. The van der Waals surface area contributed by atoms with Gasteiger partial charge in [0.25, 0.3) is 0 Å². The number of nitrogens with zero attached hydrogens (tertiary/aromatic N) is 1. The van der Waals surface area contributed by atoms with Gasteiger partial charge in [-0.2, -0.15) is 5.26 Å². The molecule has 0 N–H and O–H groups in total. The Balaban J connectivity index is 3.37. The van der Waals surface area contributed by atoms with Gasteiger partial charge in [0.1, 0.15) is 17.4 Å². The molecule has 0 fully saturated rings. The molecule has 0 atom stereocenters. The highest BCUT2D eigenvalue weighted by Crippen LogP contribution is 2.23. The Labute approximate surface area is 94.6 Å². The molecule has 0 aliphatic rings. The average Bonchev–Trinajstić information content (AvgIpc) is 2.27. The van der Waals surface area contributed by atoms with Gasteiger partial charge in [0.15, 0.2) is 11.6 Å². The van der Waals surface area contributed by atoms with E-state index in [9.17, 15) is 9.18 Å². The van der Waals surface area contributed by atoms with Crippen LogP contribution < -0.4 is 4.74 Å². The number of alkyl halides is 1. The minimum Gasteiger partial charge on any atom is -0.495 e. The van der Waals surface area contributed by atoms with Crippen molar-refractivity contribution in [2.24, 2.45) is 0 Å². The fraction of sp³-hybridized carbons (Fsp3) is 0.200. The van der Waals surface area contributed by atoms with Gasteiger partial charge in [0.05, 0.1) is 18.0 Å². The third kappa shape index (κ3) is 2.16. The standard InChI is InChI=1S/C10H7BrFNO2/c1-15-9-3-2-6(8(14)4-11)10(12)7(9)5-13/h2-3H,4H2,1H3. The van der Waals surface area contributed by atoms with Crippen LogP contribution in [0.2, 0.25) is 0 Å². The zero-order valence-electron chi connectivity index (χ0n) is 7.88. The Bertz CT molecular complexity index is 440. The molecule has 1 aromatic carbocycles. The van der Waals surface area contributed by atoms with E-state index < -0.39 is 11.6 Å². The molecular weight excluding hydrogens is 265 g/mol. The van der Waals surface area contributed by atoms with E-state index in [1.165, 1.54) is 19.2 Å². The first-order chi connectivity index (χ1) is 7.15. The zero-order valence-corrected chi connectivity index (χ0v) is 9.47. The molecule has 0 aliphatic heterocycles. The lowest BCUT2D eigenvalue weighted by Crippen LogP contribution is -2.06. The van der Waals surface area contributed by atoms with Crippen molar-refractivity contribution in [3.63, 3.8) is 0 Å². The molecule has 0 unspecified atom stereocenters. The third-order valence-corrected chi connectivity index (χ3v) is 2.37. The Kier molecular flexibility index (Phi) is 3.81. The minimum atomic E-state index is -0.832. The lowest BCUT2D eigenvalue weighted by atomic mass is 10.1. The number of nitriles is 1. The first-order valence-corrected chi connectivity index (χ1v) is 5.13. The number of hydrogen-bond acceptors (Lipinski definition) is 3. The Hall–Kier alpha value is -1.41. The molecule has 78 valence electrons. The van der Waals surface area contributed by atoms with Gasteiger partial charge in [-0.1, -0.05) is 15.9 Å². The number of carbonyl (C=O) groups excluding carboxylic acids is 1. The number of benzene rings is 1. The largest absolute Gasteiger partial charge is 0.495 e. The number of carbonyl (C=O) groups is 1. The second-order valence-electron chi connectivity index (χ2n) is 2.67. The molecule has 0 spiro atoms. The second kappa shape index (κ2) is 4.89. The van der Waals surface area contributed by atoms with Crippen LogP contribution in [0.15, 0.2) is 12.1 Å². The van der Waals surface area contributed by atoms with E-state index in [0.717, 1.165) is 0 Å². The van der Waals surface area contributed by atoms with E-state index in [1.54, 1.807) is 6.07 Å². The molecule has 1 rings (SSSR count).